The molecule has 6 atom stereocenters. The smallest absolute Gasteiger partial charge is 0.356 e. The molecule has 0 aromatic carbocycles. The Hall–Kier alpha value is -2.85. The summed E-state index contributed by atoms with van der Waals surface area (Å²) in [7, 11) is -4.36. The van der Waals surface area contributed by atoms with E-state index in [-0.39, 0.29) is 19.4 Å². The van der Waals surface area contributed by atoms with Gasteiger partial charge in [0.05, 0.1) is 6.04 Å². The van der Waals surface area contributed by atoms with Gasteiger partial charge in [-0.05, 0) is 36.2 Å². The van der Waals surface area contributed by atoms with Crippen molar-refractivity contribution in [3.8, 4) is 0 Å². The van der Waals surface area contributed by atoms with E-state index in [4.69, 9.17) is 0 Å². The maximum atomic E-state index is 14.5. The van der Waals surface area contributed by atoms with E-state index in [1.165, 1.54) is 20.8 Å². The number of halogens is 6. The summed E-state index contributed by atoms with van der Waals surface area (Å²) < 4.78 is 106. The Morgan fingerprint density at radius 2 is 1.76 bits per heavy atom. The van der Waals surface area contributed by atoms with Crippen molar-refractivity contribution in [3.05, 3.63) is 11.2 Å². The number of hydrogen-bond acceptors (Lipinski definition) is 6. The van der Waals surface area contributed by atoms with Crippen LogP contribution in [0.25, 0.3) is 0 Å². The molecule has 17 heteroatoms. The quantitative estimate of drug-likeness (QED) is 0.349. The number of nitrogens with one attached hydrogen (secondary N) is 3. The molecule has 10 nitrogen and oxygen atoms in total. The van der Waals surface area contributed by atoms with Gasteiger partial charge in [0.2, 0.25) is 38.6 Å². The first-order valence-corrected chi connectivity index (χ1v) is 15.1. The van der Waals surface area contributed by atoms with Gasteiger partial charge in [0.1, 0.15) is 12.1 Å². The Bertz CT molecular complexity index is 1250. The zero-order chi connectivity index (χ0) is 32.0. The van der Waals surface area contributed by atoms with E-state index in [1.54, 1.807) is 5.32 Å². The lowest BCUT2D eigenvalue weighted by Gasteiger charge is -2.37. The summed E-state index contributed by atoms with van der Waals surface area (Å²) >= 11 is 0. The summed E-state index contributed by atoms with van der Waals surface area (Å²) in [5.41, 5.74) is -1.31. The van der Waals surface area contributed by atoms with Crippen LogP contribution in [0.4, 0.5) is 26.3 Å². The maximum absolute atomic E-state index is 14.5. The first kappa shape index (κ1) is 33.6. The Labute approximate surface area is 238 Å². The summed E-state index contributed by atoms with van der Waals surface area (Å²) in [6.45, 7) is 3.97. The number of hydrogen-bond donors (Lipinski definition) is 3. The molecule has 0 aromatic rings. The number of likely N-dealkylation sites (tertiary alicyclic amines) is 1. The van der Waals surface area contributed by atoms with E-state index in [0.717, 1.165) is 4.90 Å². The number of alkyl halides is 5. The molecule has 0 radical (unpaired) electrons. The normalized spacial score (nSPS) is 27.7. The Morgan fingerprint density at radius 3 is 2.26 bits per heavy atom. The molecule has 0 spiro atoms. The highest BCUT2D eigenvalue weighted by Crippen LogP contribution is 2.50. The summed E-state index contributed by atoms with van der Waals surface area (Å²) in [6, 6.07) is -4.87. The lowest BCUT2D eigenvalue weighted by molar-refractivity contribution is -0.176. The van der Waals surface area contributed by atoms with Crippen LogP contribution >= 0.6 is 0 Å². The molecule has 238 valence electrons. The number of carbonyl (C=O) groups is 4. The second-order valence-corrected chi connectivity index (χ2v) is 14.2. The van der Waals surface area contributed by atoms with Gasteiger partial charge in [-0.15, -0.1) is 0 Å². The molecule has 3 rings (SSSR count). The zero-order valence-corrected chi connectivity index (χ0v) is 24.2. The highest BCUT2D eigenvalue weighted by Gasteiger charge is 2.59. The molecular weight excluding hydrogens is 598 g/mol. The Balaban J connectivity index is 1.97. The van der Waals surface area contributed by atoms with Crippen molar-refractivity contribution in [2.45, 2.75) is 76.7 Å². The van der Waals surface area contributed by atoms with Crippen LogP contribution in [-0.4, -0.2) is 86.5 Å². The fourth-order valence-corrected chi connectivity index (χ4v) is 6.19. The molecule has 4 amide bonds. The molecule has 0 bridgehead atoms. The van der Waals surface area contributed by atoms with Crippen molar-refractivity contribution in [2.75, 3.05) is 19.3 Å². The standard InChI is InChI=1S/C25H34F6N4O6S/c1-23(2,3)18(34-22(39)25(29,30)31)21(38)35-11-13-9-24(27,28)10-15(13)17(35)20(37)33-14(8-16(26)42(4,40)41)7-12-5-6-32-19(12)36/h8,12-15,17-18H,5-7,9-11H2,1-4H3,(H,32,36)(H,33,37)(H,34,39)/b16-8+/t12-,13-,14-,15-,17-,18-/m1/s1. The predicted octanol–water partition coefficient (Wildman–Crippen LogP) is 1.82. The number of nitrogens with zero attached hydrogens (tertiary/aromatic N) is 1. The van der Waals surface area contributed by atoms with Crippen molar-refractivity contribution in [2.24, 2.45) is 23.2 Å². The van der Waals surface area contributed by atoms with Gasteiger partial charge in [0.15, 0.2) is 0 Å². The van der Waals surface area contributed by atoms with Gasteiger partial charge in [0.25, 0.3) is 0 Å². The van der Waals surface area contributed by atoms with Crippen LogP contribution in [0.1, 0.15) is 46.5 Å². The third-order valence-electron chi connectivity index (χ3n) is 7.79. The van der Waals surface area contributed by atoms with Crippen LogP contribution in [0.3, 0.4) is 0 Å². The van der Waals surface area contributed by atoms with E-state index >= 15 is 0 Å². The summed E-state index contributed by atoms with van der Waals surface area (Å²) in [6.07, 6.45) is -5.67. The minimum absolute atomic E-state index is 0.252. The first-order chi connectivity index (χ1) is 19.0. The highest BCUT2D eigenvalue weighted by molar-refractivity contribution is 7.94. The zero-order valence-electron chi connectivity index (χ0n) is 23.4. The van der Waals surface area contributed by atoms with Gasteiger partial charge in [-0.2, -0.15) is 17.6 Å². The van der Waals surface area contributed by atoms with Crippen LogP contribution in [0.5, 0.6) is 0 Å². The average molecular weight is 633 g/mol. The SMILES string of the molecule is CC(C)(C)[C@H](NC(=O)C(F)(F)F)C(=O)N1C[C@H]2CC(F)(F)C[C@H]2[C@@H]1C(=O)N[C@@H](/C=C(\F)S(C)(=O)=O)C[C@H]1CCNC1=O. The fraction of sp³-hybridized carbons (Fsp3) is 0.760. The Morgan fingerprint density at radius 1 is 1.14 bits per heavy atom. The molecule has 1 aliphatic carbocycles. The summed E-state index contributed by atoms with van der Waals surface area (Å²) in [5.74, 6) is -11.0. The molecule has 0 aromatic heterocycles. The number of amides is 4. The minimum atomic E-state index is -5.33. The molecule has 3 fully saturated rings. The lowest BCUT2D eigenvalue weighted by atomic mass is 9.85. The molecular formula is C25H34F6N4O6S. The van der Waals surface area contributed by atoms with E-state index in [0.29, 0.717) is 12.3 Å². The molecule has 2 saturated heterocycles. The van der Waals surface area contributed by atoms with E-state index in [9.17, 15) is 53.9 Å². The van der Waals surface area contributed by atoms with Gasteiger partial charge in [-0.3, -0.25) is 19.2 Å². The molecule has 0 unspecified atom stereocenters. The predicted molar refractivity (Wildman–Crippen MR) is 136 cm³/mol. The van der Waals surface area contributed by atoms with Gasteiger partial charge in [-0.25, -0.2) is 17.2 Å². The third kappa shape index (κ3) is 7.75. The van der Waals surface area contributed by atoms with Crippen molar-refractivity contribution < 1.29 is 53.9 Å². The third-order valence-corrected chi connectivity index (χ3v) is 8.63. The van der Waals surface area contributed by atoms with Crippen LogP contribution in [0.15, 0.2) is 11.2 Å². The number of carbonyl (C=O) groups excluding carboxylic acids is 4. The largest absolute Gasteiger partial charge is 0.471 e. The van der Waals surface area contributed by atoms with Gasteiger partial charge in [-0.1, -0.05) is 20.8 Å². The molecule has 3 aliphatic rings. The van der Waals surface area contributed by atoms with Crippen molar-refractivity contribution in [1.29, 1.82) is 0 Å². The monoisotopic (exact) mass is 632 g/mol. The van der Waals surface area contributed by atoms with Crippen LogP contribution in [-0.2, 0) is 29.0 Å². The minimum Gasteiger partial charge on any atom is -0.356 e. The highest BCUT2D eigenvalue weighted by atomic mass is 32.2. The summed E-state index contributed by atoms with van der Waals surface area (Å²) in [4.78, 5) is 52.0. The van der Waals surface area contributed by atoms with Gasteiger partial charge >= 0.3 is 12.1 Å². The van der Waals surface area contributed by atoms with Crippen molar-refractivity contribution in [1.82, 2.24) is 20.9 Å². The topological polar surface area (TPSA) is 142 Å². The maximum Gasteiger partial charge on any atom is 0.471 e. The summed E-state index contributed by atoms with van der Waals surface area (Å²) in [5, 5.41) is 4.95. The molecule has 42 heavy (non-hydrogen) atoms. The number of fused-ring (bicyclic) bond motifs is 1. The van der Waals surface area contributed by atoms with Crippen LogP contribution in [0, 0.1) is 23.2 Å². The van der Waals surface area contributed by atoms with Gasteiger partial charge in [0, 0.05) is 38.1 Å². The molecule has 1 saturated carbocycles. The van der Waals surface area contributed by atoms with E-state index in [1.807, 2.05) is 0 Å². The number of sulfone groups is 1. The fourth-order valence-electron chi connectivity index (χ4n) is 5.78. The van der Waals surface area contributed by atoms with Gasteiger partial charge < -0.3 is 20.9 Å². The van der Waals surface area contributed by atoms with Crippen LogP contribution < -0.4 is 16.0 Å². The second kappa shape index (κ2) is 11.7. The molecule has 2 aliphatic heterocycles. The van der Waals surface area contributed by atoms with E-state index in [2.05, 4.69) is 10.6 Å². The second-order valence-electron chi connectivity index (χ2n) is 12.3. The molecule has 2 heterocycles. The van der Waals surface area contributed by atoms with E-state index < -0.39 is 111 Å². The number of rotatable bonds is 8. The van der Waals surface area contributed by atoms with Crippen molar-refractivity contribution >= 4 is 33.5 Å². The van der Waals surface area contributed by atoms with Crippen molar-refractivity contribution in [3.63, 3.8) is 0 Å². The average Bonchev–Trinajstić information content (AvgIpc) is 3.45. The lowest BCUT2D eigenvalue weighted by Crippen LogP contribution is -2.60. The Kier molecular flexibility index (Phi) is 9.36. The first-order valence-electron chi connectivity index (χ1n) is 13.2. The van der Waals surface area contributed by atoms with Crippen LogP contribution in [0.2, 0.25) is 0 Å². The molecule has 3 N–H and O–H groups in total.